The number of hydrogen-bond acceptors (Lipinski definition) is 4. The van der Waals surface area contributed by atoms with Gasteiger partial charge in [-0.25, -0.2) is 17.5 Å². The maximum absolute atomic E-state index is 13.7. The van der Waals surface area contributed by atoms with E-state index in [-0.39, 0.29) is 18.0 Å². The van der Waals surface area contributed by atoms with Crippen molar-refractivity contribution in [3.05, 3.63) is 29.6 Å². The van der Waals surface area contributed by atoms with Crippen molar-refractivity contribution in [2.24, 2.45) is 0 Å². The van der Waals surface area contributed by atoms with Crippen LogP contribution in [0, 0.1) is 5.82 Å². The zero-order valence-electron chi connectivity index (χ0n) is 12.5. The van der Waals surface area contributed by atoms with Gasteiger partial charge in [0, 0.05) is 6.54 Å². The Labute approximate surface area is 125 Å². The zero-order valence-corrected chi connectivity index (χ0v) is 13.3. The summed E-state index contributed by atoms with van der Waals surface area (Å²) < 4.78 is 40.2. The highest BCUT2D eigenvalue weighted by Crippen LogP contribution is 2.16. The van der Waals surface area contributed by atoms with Gasteiger partial charge in [-0.3, -0.25) is 0 Å². The Kier molecular flexibility index (Phi) is 7.24. The molecule has 0 unspecified atom stereocenters. The lowest BCUT2D eigenvalue weighted by atomic mass is 10.2. The van der Waals surface area contributed by atoms with E-state index in [0.29, 0.717) is 12.0 Å². The van der Waals surface area contributed by atoms with Crippen molar-refractivity contribution >= 4 is 10.0 Å². The molecule has 0 radical (unpaired) electrons. The topological polar surface area (TPSA) is 69.6 Å². The van der Waals surface area contributed by atoms with E-state index >= 15 is 0 Å². The van der Waals surface area contributed by atoms with Crippen LogP contribution in [-0.4, -0.2) is 44.6 Å². The molecule has 0 saturated carbocycles. The number of rotatable bonds is 9. The van der Waals surface area contributed by atoms with Crippen LogP contribution in [-0.2, 0) is 16.6 Å². The first kappa shape index (κ1) is 18.0. The summed E-state index contributed by atoms with van der Waals surface area (Å²) >= 11 is 0. The van der Waals surface area contributed by atoms with Crippen molar-refractivity contribution < 1.29 is 17.9 Å². The minimum absolute atomic E-state index is 0.264. The fourth-order valence-corrected chi connectivity index (χ4v) is 3.12. The van der Waals surface area contributed by atoms with Crippen LogP contribution >= 0.6 is 0 Å². The lowest BCUT2D eigenvalue weighted by Gasteiger charge is -2.17. The van der Waals surface area contributed by atoms with Crippen molar-refractivity contribution in [3.63, 3.8) is 0 Å². The highest BCUT2D eigenvalue weighted by atomic mass is 32.2. The van der Waals surface area contributed by atoms with Crippen LogP contribution in [0.15, 0.2) is 23.1 Å². The molecule has 0 heterocycles. The second kappa shape index (κ2) is 8.43. The fourth-order valence-electron chi connectivity index (χ4n) is 1.99. The van der Waals surface area contributed by atoms with Gasteiger partial charge in [0.1, 0.15) is 10.7 Å². The first-order valence-electron chi connectivity index (χ1n) is 7.05. The standard InChI is InChI=1S/C14H23FN2O3S/c1-3-17(4-2)9-5-8-16-21(19,20)14-7-6-12(11-18)10-13(14)15/h6-7,10,16,18H,3-5,8-9,11H2,1-2H3. The minimum Gasteiger partial charge on any atom is -0.392 e. The van der Waals surface area contributed by atoms with E-state index in [1.54, 1.807) is 0 Å². The van der Waals surface area contributed by atoms with E-state index in [1.807, 2.05) is 13.8 Å². The molecule has 0 aliphatic rings. The molecule has 0 spiro atoms. The van der Waals surface area contributed by atoms with E-state index in [4.69, 9.17) is 5.11 Å². The molecule has 0 amide bonds. The molecule has 1 aromatic carbocycles. The third-order valence-electron chi connectivity index (χ3n) is 3.31. The summed E-state index contributed by atoms with van der Waals surface area (Å²) in [4.78, 5) is 1.80. The summed E-state index contributed by atoms with van der Waals surface area (Å²) in [7, 11) is -3.85. The van der Waals surface area contributed by atoms with Gasteiger partial charge in [0.05, 0.1) is 6.61 Å². The first-order chi connectivity index (χ1) is 9.94. The predicted octanol–water partition coefficient (Wildman–Crippen LogP) is 1.33. The van der Waals surface area contributed by atoms with Gasteiger partial charge in [-0.1, -0.05) is 19.9 Å². The molecule has 1 rings (SSSR count). The third kappa shape index (κ3) is 5.35. The predicted molar refractivity (Wildman–Crippen MR) is 79.9 cm³/mol. The summed E-state index contributed by atoms with van der Waals surface area (Å²) in [5, 5.41) is 8.89. The van der Waals surface area contributed by atoms with Crippen molar-refractivity contribution in [2.75, 3.05) is 26.2 Å². The number of nitrogens with zero attached hydrogens (tertiary/aromatic N) is 1. The van der Waals surface area contributed by atoms with Crippen LogP contribution in [0.5, 0.6) is 0 Å². The lowest BCUT2D eigenvalue weighted by Crippen LogP contribution is -2.30. The lowest BCUT2D eigenvalue weighted by molar-refractivity contribution is 0.281. The number of sulfonamides is 1. The summed E-state index contributed by atoms with van der Waals surface area (Å²) in [5.74, 6) is -0.849. The number of nitrogens with one attached hydrogen (secondary N) is 1. The Hall–Kier alpha value is -1.02. The molecule has 0 aromatic heterocycles. The summed E-state index contributed by atoms with van der Waals surface area (Å²) in [6.07, 6.45) is 0.664. The quantitative estimate of drug-likeness (QED) is 0.674. The average Bonchev–Trinajstić information content (AvgIpc) is 2.47. The highest BCUT2D eigenvalue weighted by molar-refractivity contribution is 7.89. The molecule has 2 N–H and O–H groups in total. The maximum Gasteiger partial charge on any atom is 0.243 e. The van der Waals surface area contributed by atoms with Crippen LogP contribution in [0.3, 0.4) is 0 Å². The Morgan fingerprint density at radius 3 is 2.48 bits per heavy atom. The molecular formula is C14H23FN2O3S. The average molecular weight is 318 g/mol. The molecule has 120 valence electrons. The summed E-state index contributed by atoms with van der Waals surface area (Å²) in [5.41, 5.74) is 0.341. The van der Waals surface area contributed by atoms with Crippen LogP contribution < -0.4 is 4.72 Å². The van der Waals surface area contributed by atoms with Crippen LogP contribution in [0.25, 0.3) is 0 Å². The molecule has 5 nitrogen and oxygen atoms in total. The van der Waals surface area contributed by atoms with Gasteiger partial charge < -0.3 is 10.0 Å². The Morgan fingerprint density at radius 1 is 1.29 bits per heavy atom. The summed E-state index contributed by atoms with van der Waals surface area (Å²) in [6, 6.07) is 3.60. The number of aliphatic hydroxyl groups is 1. The number of aliphatic hydroxyl groups excluding tert-OH is 1. The third-order valence-corrected chi connectivity index (χ3v) is 4.80. The van der Waals surface area contributed by atoms with E-state index < -0.39 is 15.8 Å². The van der Waals surface area contributed by atoms with E-state index in [1.165, 1.54) is 12.1 Å². The highest BCUT2D eigenvalue weighted by Gasteiger charge is 2.18. The molecule has 0 saturated heterocycles. The van der Waals surface area contributed by atoms with Crippen LogP contribution in [0.2, 0.25) is 0 Å². The van der Waals surface area contributed by atoms with Gasteiger partial charge in [-0.15, -0.1) is 0 Å². The molecule has 0 fully saturated rings. The monoisotopic (exact) mass is 318 g/mol. The van der Waals surface area contributed by atoms with Gasteiger partial charge in [0.15, 0.2) is 0 Å². The van der Waals surface area contributed by atoms with Gasteiger partial charge in [0.25, 0.3) is 0 Å². The number of hydrogen-bond donors (Lipinski definition) is 2. The van der Waals surface area contributed by atoms with E-state index in [2.05, 4.69) is 9.62 Å². The number of halogens is 1. The molecule has 21 heavy (non-hydrogen) atoms. The van der Waals surface area contributed by atoms with Crippen molar-refractivity contribution in [3.8, 4) is 0 Å². The van der Waals surface area contributed by atoms with E-state index in [0.717, 1.165) is 25.7 Å². The molecule has 0 aliphatic heterocycles. The fraction of sp³-hybridized carbons (Fsp3) is 0.571. The normalized spacial score (nSPS) is 12.0. The Bertz CT molecular complexity index is 545. The van der Waals surface area contributed by atoms with Gasteiger partial charge in [-0.2, -0.15) is 0 Å². The van der Waals surface area contributed by atoms with Crippen molar-refractivity contribution in [2.45, 2.75) is 31.8 Å². The maximum atomic E-state index is 13.7. The smallest absolute Gasteiger partial charge is 0.243 e. The second-order valence-electron chi connectivity index (χ2n) is 4.70. The van der Waals surface area contributed by atoms with Crippen molar-refractivity contribution in [1.29, 1.82) is 0 Å². The molecular weight excluding hydrogens is 295 g/mol. The SMILES string of the molecule is CCN(CC)CCCNS(=O)(=O)c1ccc(CO)cc1F. The van der Waals surface area contributed by atoms with Crippen LogP contribution in [0.1, 0.15) is 25.8 Å². The molecule has 0 aliphatic carbocycles. The molecule has 0 bridgehead atoms. The zero-order chi connectivity index (χ0) is 15.9. The molecule has 1 aromatic rings. The number of benzene rings is 1. The second-order valence-corrected chi connectivity index (χ2v) is 6.44. The van der Waals surface area contributed by atoms with Gasteiger partial charge >= 0.3 is 0 Å². The van der Waals surface area contributed by atoms with Gasteiger partial charge in [0.2, 0.25) is 10.0 Å². The minimum atomic E-state index is -3.85. The van der Waals surface area contributed by atoms with Crippen LogP contribution in [0.4, 0.5) is 4.39 Å². The molecule has 7 heteroatoms. The first-order valence-corrected chi connectivity index (χ1v) is 8.54. The van der Waals surface area contributed by atoms with Gasteiger partial charge in [-0.05, 0) is 43.8 Å². The Morgan fingerprint density at radius 2 is 1.95 bits per heavy atom. The van der Waals surface area contributed by atoms with E-state index in [9.17, 15) is 12.8 Å². The van der Waals surface area contributed by atoms with Crippen molar-refractivity contribution in [1.82, 2.24) is 9.62 Å². The molecule has 0 atom stereocenters. The summed E-state index contributed by atoms with van der Waals surface area (Å²) in [6.45, 7) is 6.66. The Balaban J connectivity index is 2.61. The largest absolute Gasteiger partial charge is 0.392 e.